The Hall–Kier alpha value is -1.45. The quantitative estimate of drug-likeness (QED) is 0.612. The third-order valence-corrected chi connectivity index (χ3v) is 1.43. The third-order valence-electron chi connectivity index (χ3n) is 1.43. The van der Waals surface area contributed by atoms with Crippen LogP contribution in [0.5, 0.6) is 0 Å². The molecule has 0 saturated carbocycles. The second-order valence-electron chi connectivity index (χ2n) is 2.11. The number of H-pyrrole nitrogens is 1. The van der Waals surface area contributed by atoms with Gasteiger partial charge in [0.1, 0.15) is 5.52 Å². The number of nitrogens with zero attached hydrogens (tertiary/aromatic N) is 1. The minimum absolute atomic E-state index is 0.00926. The van der Waals surface area contributed by atoms with E-state index in [9.17, 15) is 8.78 Å². The van der Waals surface area contributed by atoms with Crippen molar-refractivity contribution < 1.29 is 8.78 Å². The average Bonchev–Trinajstić information content (AvgIpc) is 2.45. The van der Waals surface area contributed by atoms with E-state index < -0.39 is 11.6 Å². The smallest absolute Gasteiger partial charge is 0.186 e. The molecule has 0 spiro atoms. The molecule has 1 radical (unpaired) electrons. The van der Waals surface area contributed by atoms with Crippen molar-refractivity contribution in [1.82, 2.24) is 9.97 Å². The molecule has 0 amide bonds. The molecule has 0 atom stereocenters. The summed E-state index contributed by atoms with van der Waals surface area (Å²) in [5.41, 5.74) is 0.439. The maximum Gasteiger partial charge on any atom is 0.186 e. The monoisotopic (exact) mass is 153 g/mol. The highest BCUT2D eigenvalue weighted by Gasteiger charge is 2.07. The Morgan fingerprint density at radius 2 is 2.18 bits per heavy atom. The summed E-state index contributed by atoms with van der Waals surface area (Å²) in [5, 5.41) is 0. The topological polar surface area (TPSA) is 28.7 Å². The molecule has 0 fully saturated rings. The first-order valence-corrected chi connectivity index (χ1v) is 2.99. The van der Waals surface area contributed by atoms with E-state index in [1.165, 1.54) is 6.07 Å². The number of hydrogen-bond donors (Lipinski definition) is 1. The van der Waals surface area contributed by atoms with Gasteiger partial charge in [0.25, 0.3) is 0 Å². The van der Waals surface area contributed by atoms with Gasteiger partial charge in [-0.05, 0) is 12.1 Å². The molecule has 0 aliphatic rings. The molecule has 2 nitrogen and oxygen atoms in total. The van der Waals surface area contributed by atoms with Crippen LogP contribution in [0.4, 0.5) is 8.78 Å². The lowest BCUT2D eigenvalue weighted by Crippen LogP contribution is -1.84. The minimum atomic E-state index is -0.931. The fourth-order valence-corrected chi connectivity index (χ4v) is 0.894. The number of hydrogen-bond acceptors (Lipinski definition) is 1. The van der Waals surface area contributed by atoms with Gasteiger partial charge in [-0.25, -0.2) is 13.8 Å². The molecule has 11 heavy (non-hydrogen) atoms. The molecule has 0 aliphatic carbocycles. The summed E-state index contributed by atoms with van der Waals surface area (Å²) in [6, 6.07) is 2.46. The number of imidazole rings is 1. The summed E-state index contributed by atoms with van der Waals surface area (Å²) in [5.74, 6) is -1.82. The first kappa shape index (κ1) is 6.27. The highest BCUT2D eigenvalue weighted by Crippen LogP contribution is 2.15. The lowest BCUT2D eigenvalue weighted by Gasteiger charge is -1.90. The van der Waals surface area contributed by atoms with E-state index in [1.54, 1.807) is 0 Å². The van der Waals surface area contributed by atoms with Crippen LogP contribution in [0.3, 0.4) is 0 Å². The molecule has 1 aromatic carbocycles. The SMILES string of the molecule is Fc1ccc2[nH][c]nc2c1F. The Morgan fingerprint density at radius 1 is 1.36 bits per heavy atom. The molecule has 1 N–H and O–H groups in total. The number of aromatic nitrogens is 2. The summed E-state index contributed by atoms with van der Waals surface area (Å²) >= 11 is 0. The Morgan fingerprint density at radius 3 is 3.00 bits per heavy atom. The predicted octanol–water partition coefficient (Wildman–Crippen LogP) is 1.64. The molecule has 55 valence electrons. The maximum absolute atomic E-state index is 12.8. The standard InChI is InChI=1S/C7H3F2N2/c8-4-1-2-5-7(6(4)9)11-3-10-5/h1-2H,(H,10,11). The molecular weight excluding hydrogens is 150 g/mol. The van der Waals surface area contributed by atoms with Crippen molar-refractivity contribution >= 4 is 11.0 Å². The maximum atomic E-state index is 12.8. The van der Waals surface area contributed by atoms with Crippen LogP contribution in [0.1, 0.15) is 0 Å². The van der Waals surface area contributed by atoms with Crippen molar-refractivity contribution in [2.75, 3.05) is 0 Å². The molecule has 2 aromatic rings. The molecular formula is C7H3F2N2. The fraction of sp³-hybridized carbons (Fsp3) is 0. The van der Waals surface area contributed by atoms with Crippen LogP contribution in [0.25, 0.3) is 11.0 Å². The van der Waals surface area contributed by atoms with Gasteiger partial charge in [-0.3, -0.25) is 0 Å². The van der Waals surface area contributed by atoms with Gasteiger partial charge in [-0.1, -0.05) is 0 Å². The van der Waals surface area contributed by atoms with Gasteiger partial charge in [-0.2, -0.15) is 0 Å². The summed E-state index contributed by atoms with van der Waals surface area (Å²) in [7, 11) is 0. The molecule has 1 aromatic heterocycles. The average molecular weight is 153 g/mol. The largest absolute Gasteiger partial charge is 0.335 e. The van der Waals surface area contributed by atoms with Gasteiger partial charge in [0, 0.05) is 0 Å². The van der Waals surface area contributed by atoms with Gasteiger partial charge in [0.15, 0.2) is 18.0 Å². The zero-order chi connectivity index (χ0) is 7.84. The van der Waals surface area contributed by atoms with Gasteiger partial charge in [0.05, 0.1) is 5.52 Å². The lowest BCUT2D eigenvalue weighted by molar-refractivity contribution is 0.515. The number of benzene rings is 1. The number of halogens is 2. The van der Waals surface area contributed by atoms with Crippen molar-refractivity contribution in [1.29, 1.82) is 0 Å². The Kier molecular flexibility index (Phi) is 1.15. The van der Waals surface area contributed by atoms with E-state index >= 15 is 0 Å². The van der Waals surface area contributed by atoms with Gasteiger partial charge < -0.3 is 4.98 Å². The highest BCUT2D eigenvalue weighted by atomic mass is 19.2. The fourth-order valence-electron chi connectivity index (χ4n) is 0.894. The predicted molar refractivity (Wildman–Crippen MR) is 34.8 cm³/mol. The van der Waals surface area contributed by atoms with Crippen molar-refractivity contribution in [2.45, 2.75) is 0 Å². The van der Waals surface area contributed by atoms with Gasteiger partial charge in [0.2, 0.25) is 0 Å². The van der Waals surface area contributed by atoms with E-state index in [2.05, 4.69) is 16.3 Å². The second-order valence-corrected chi connectivity index (χ2v) is 2.11. The van der Waals surface area contributed by atoms with E-state index in [0.29, 0.717) is 5.52 Å². The first-order chi connectivity index (χ1) is 5.29. The first-order valence-electron chi connectivity index (χ1n) is 2.99. The van der Waals surface area contributed by atoms with Gasteiger partial charge >= 0.3 is 0 Å². The minimum Gasteiger partial charge on any atom is -0.335 e. The normalized spacial score (nSPS) is 10.7. The van der Waals surface area contributed by atoms with E-state index in [1.807, 2.05) is 0 Å². The highest BCUT2D eigenvalue weighted by molar-refractivity contribution is 5.74. The number of rotatable bonds is 0. The number of nitrogens with one attached hydrogen (secondary N) is 1. The lowest BCUT2D eigenvalue weighted by atomic mass is 10.3. The summed E-state index contributed by atoms with van der Waals surface area (Å²) in [4.78, 5) is 6.03. The van der Waals surface area contributed by atoms with E-state index in [4.69, 9.17) is 0 Å². The second kappa shape index (κ2) is 2.02. The van der Waals surface area contributed by atoms with Crippen LogP contribution in [0.2, 0.25) is 0 Å². The number of fused-ring (bicyclic) bond motifs is 1. The van der Waals surface area contributed by atoms with E-state index in [-0.39, 0.29) is 5.52 Å². The van der Waals surface area contributed by atoms with Crippen LogP contribution < -0.4 is 0 Å². The van der Waals surface area contributed by atoms with Crippen LogP contribution in [0.15, 0.2) is 12.1 Å². The molecule has 0 unspecified atom stereocenters. The third kappa shape index (κ3) is 0.790. The van der Waals surface area contributed by atoms with Crippen LogP contribution in [-0.4, -0.2) is 9.97 Å². The Bertz CT molecular complexity index is 394. The molecule has 0 aliphatic heterocycles. The van der Waals surface area contributed by atoms with Crippen molar-refractivity contribution in [3.8, 4) is 0 Å². The molecule has 0 saturated heterocycles. The van der Waals surface area contributed by atoms with Crippen LogP contribution in [0, 0.1) is 18.0 Å². The summed E-state index contributed by atoms with van der Waals surface area (Å²) in [6.45, 7) is 0. The Labute approximate surface area is 60.9 Å². The summed E-state index contributed by atoms with van der Waals surface area (Å²) < 4.78 is 25.2. The van der Waals surface area contributed by atoms with Crippen molar-refractivity contribution in [3.63, 3.8) is 0 Å². The van der Waals surface area contributed by atoms with Crippen LogP contribution >= 0.6 is 0 Å². The van der Waals surface area contributed by atoms with Crippen molar-refractivity contribution in [3.05, 3.63) is 30.1 Å². The van der Waals surface area contributed by atoms with Crippen LogP contribution in [-0.2, 0) is 0 Å². The van der Waals surface area contributed by atoms with Crippen molar-refractivity contribution in [2.24, 2.45) is 0 Å². The number of aromatic amines is 1. The molecule has 4 heteroatoms. The van der Waals surface area contributed by atoms with Gasteiger partial charge in [-0.15, -0.1) is 0 Å². The molecule has 1 heterocycles. The zero-order valence-corrected chi connectivity index (χ0v) is 5.36. The summed E-state index contributed by atoms with van der Waals surface area (Å²) in [6.07, 6.45) is 2.32. The molecule has 0 bridgehead atoms. The Balaban J connectivity index is 2.93. The molecule has 2 rings (SSSR count). The van der Waals surface area contributed by atoms with E-state index in [0.717, 1.165) is 6.07 Å². The zero-order valence-electron chi connectivity index (χ0n) is 5.36.